The number of carbonyl (C=O) groups is 2. The lowest BCUT2D eigenvalue weighted by molar-refractivity contribution is -0.113. The number of carbonyl (C=O) groups excluding carboxylic acids is 1. The second-order valence-electron chi connectivity index (χ2n) is 6.37. The van der Waals surface area contributed by atoms with Crippen LogP contribution in [0.3, 0.4) is 0 Å². The van der Waals surface area contributed by atoms with E-state index in [1.54, 1.807) is 54.4 Å². The van der Waals surface area contributed by atoms with Gasteiger partial charge in [0.1, 0.15) is 11.5 Å². The smallest absolute Gasteiger partial charge is 0.337 e. The van der Waals surface area contributed by atoms with Crippen molar-refractivity contribution in [2.45, 2.75) is 0 Å². The number of amides is 1. The van der Waals surface area contributed by atoms with Gasteiger partial charge in [0.05, 0.1) is 21.2 Å². The molecule has 1 amide bonds. The number of para-hydroxylation sites is 1. The van der Waals surface area contributed by atoms with Gasteiger partial charge in [-0.05, 0) is 48.2 Å². The zero-order chi connectivity index (χ0) is 21.3. The van der Waals surface area contributed by atoms with E-state index < -0.39 is 11.9 Å². The molecule has 2 heterocycles. The van der Waals surface area contributed by atoms with Crippen LogP contribution in [0, 0.1) is 0 Å². The van der Waals surface area contributed by atoms with Crippen molar-refractivity contribution < 1.29 is 19.1 Å². The number of carboxylic acid groups (broad SMARTS) is 1. The summed E-state index contributed by atoms with van der Waals surface area (Å²) in [5.41, 5.74) is 1.34. The summed E-state index contributed by atoms with van der Waals surface area (Å²) in [5, 5.41) is 10.4. The molecule has 30 heavy (non-hydrogen) atoms. The number of benzene rings is 2. The number of carboxylic acids is 1. The summed E-state index contributed by atoms with van der Waals surface area (Å²) in [6, 6.07) is 17.4. The maximum Gasteiger partial charge on any atom is 0.337 e. The molecule has 1 aliphatic rings. The minimum absolute atomic E-state index is 0.128. The van der Waals surface area contributed by atoms with Crippen LogP contribution >= 0.6 is 23.4 Å². The molecule has 0 aliphatic carbocycles. The Morgan fingerprint density at radius 3 is 2.63 bits per heavy atom. The zero-order valence-corrected chi connectivity index (χ0v) is 17.3. The molecule has 0 saturated heterocycles. The molecule has 150 valence electrons. The fourth-order valence-corrected chi connectivity index (χ4v) is 4.05. The molecule has 3 aromatic rings. The Balaban J connectivity index is 1.57. The van der Waals surface area contributed by atoms with Crippen molar-refractivity contribution in [3.05, 3.63) is 81.9 Å². The van der Waals surface area contributed by atoms with Gasteiger partial charge >= 0.3 is 5.97 Å². The number of aliphatic imine (C=N–C) groups is 1. The number of thioether (sulfide) groups is 1. The Bertz CT molecular complexity index is 1220. The van der Waals surface area contributed by atoms with Gasteiger partial charge in [-0.15, -0.1) is 0 Å². The Morgan fingerprint density at radius 2 is 1.87 bits per heavy atom. The van der Waals surface area contributed by atoms with E-state index in [2.05, 4.69) is 4.99 Å². The Morgan fingerprint density at radius 1 is 1.13 bits per heavy atom. The molecule has 0 fully saturated rings. The van der Waals surface area contributed by atoms with E-state index in [4.69, 9.17) is 16.0 Å². The summed E-state index contributed by atoms with van der Waals surface area (Å²) in [6.45, 7) is 0. The number of furan rings is 1. The molecule has 1 N–H and O–H groups in total. The summed E-state index contributed by atoms with van der Waals surface area (Å²) in [6.07, 6.45) is 1.61. The van der Waals surface area contributed by atoms with Crippen molar-refractivity contribution in [2.24, 2.45) is 4.99 Å². The molecule has 0 radical (unpaired) electrons. The highest BCUT2D eigenvalue weighted by atomic mass is 35.5. The molecule has 6 nitrogen and oxygen atoms in total. The largest absolute Gasteiger partial charge is 0.478 e. The van der Waals surface area contributed by atoms with E-state index in [0.29, 0.717) is 32.3 Å². The number of hydrogen-bond acceptors (Lipinski definition) is 5. The summed E-state index contributed by atoms with van der Waals surface area (Å²) in [4.78, 5) is 29.9. The molecular formula is C22H15ClN2O4S. The molecule has 0 atom stereocenters. The van der Waals surface area contributed by atoms with Crippen molar-refractivity contribution >= 4 is 52.2 Å². The molecule has 0 spiro atoms. The average Bonchev–Trinajstić information content (AvgIpc) is 3.35. The Labute approximate surface area is 181 Å². The van der Waals surface area contributed by atoms with Crippen molar-refractivity contribution in [2.75, 3.05) is 11.9 Å². The second-order valence-corrected chi connectivity index (χ2v) is 7.79. The maximum atomic E-state index is 12.4. The first-order valence-corrected chi connectivity index (χ1v) is 10.1. The van der Waals surface area contributed by atoms with Crippen LogP contribution in [-0.4, -0.2) is 29.2 Å². The number of amidine groups is 1. The lowest BCUT2D eigenvalue weighted by Crippen LogP contribution is -2.24. The highest BCUT2D eigenvalue weighted by Crippen LogP contribution is 2.34. The molecular weight excluding hydrogens is 424 g/mol. The summed E-state index contributed by atoms with van der Waals surface area (Å²) >= 11 is 7.36. The van der Waals surface area contributed by atoms with Gasteiger partial charge in [0.25, 0.3) is 5.91 Å². The molecule has 0 bridgehead atoms. The van der Waals surface area contributed by atoms with Crippen LogP contribution in [0.2, 0.25) is 5.02 Å². The first-order chi connectivity index (χ1) is 14.4. The van der Waals surface area contributed by atoms with Gasteiger partial charge in [-0.3, -0.25) is 4.79 Å². The van der Waals surface area contributed by atoms with Gasteiger partial charge in [-0.2, -0.15) is 4.99 Å². The number of rotatable bonds is 4. The van der Waals surface area contributed by atoms with Crippen LogP contribution < -0.4 is 4.90 Å². The lowest BCUT2D eigenvalue weighted by atomic mass is 10.1. The highest BCUT2D eigenvalue weighted by Gasteiger charge is 2.27. The molecule has 0 saturated carbocycles. The van der Waals surface area contributed by atoms with Gasteiger partial charge in [-0.25, -0.2) is 4.79 Å². The van der Waals surface area contributed by atoms with Gasteiger partial charge in [0, 0.05) is 18.7 Å². The Kier molecular flexibility index (Phi) is 5.48. The summed E-state index contributed by atoms with van der Waals surface area (Å²) in [5.74, 6) is -0.376. The van der Waals surface area contributed by atoms with Crippen LogP contribution in [0.1, 0.15) is 16.1 Å². The minimum Gasteiger partial charge on any atom is -0.478 e. The van der Waals surface area contributed by atoms with Crippen LogP contribution in [0.25, 0.3) is 17.4 Å². The minimum atomic E-state index is -1.05. The van der Waals surface area contributed by atoms with E-state index in [0.717, 1.165) is 17.3 Å². The fourth-order valence-electron chi connectivity index (χ4n) is 2.96. The molecule has 2 aromatic carbocycles. The summed E-state index contributed by atoms with van der Waals surface area (Å²) in [7, 11) is 1.67. The third-order valence-corrected chi connectivity index (χ3v) is 5.82. The van der Waals surface area contributed by atoms with Crippen LogP contribution in [0.5, 0.6) is 0 Å². The van der Waals surface area contributed by atoms with Gasteiger partial charge in [0.2, 0.25) is 0 Å². The first kappa shape index (κ1) is 20.0. The second kappa shape index (κ2) is 8.22. The number of nitrogens with zero attached hydrogens (tertiary/aromatic N) is 2. The van der Waals surface area contributed by atoms with Crippen LogP contribution in [0.15, 0.2) is 75.0 Å². The van der Waals surface area contributed by atoms with Crippen molar-refractivity contribution in [1.29, 1.82) is 0 Å². The highest BCUT2D eigenvalue weighted by molar-refractivity contribution is 8.18. The first-order valence-electron chi connectivity index (χ1n) is 8.87. The molecule has 4 rings (SSSR count). The Hall–Kier alpha value is -3.29. The topological polar surface area (TPSA) is 83.1 Å². The van der Waals surface area contributed by atoms with Gasteiger partial charge in [-0.1, -0.05) is 35.9 Å². The molecule has 1 aliphatic heterocycles. The molecule has 8 heteroatoms. The van der Waals surface area contributed by atoms with E-state index in [9.17, 15) is 14.7 Å². The standard InChI is InChI=1S/C22H15ClN2O4S/c1-25(17-9-5-3-7-15(17)21(27)28)22-24-20(26)19(30-22)12-13-10-11-18(29-13)14-6-2-4-8-16(14)23/h2-12H,1H3,(H,27,28)/b19-12+. The predicted molar refractivity (Wildman–Crippen MR) is 119 cm³/mol. The average molecular weight is 439 g/mol. The number of anilines is 1. The van der Waals surface area contributed by atoms with Gasteiger partial charge in [0.15, 0.2) is 5.17 Å². The molecule has 1 aromatic heterocycles. The SMILES string of the molecule is CN(C1=NC(=O)/C(=C\c2ccc(-c3ccccc3Cl)o2)S1)c1ccccc1C(=O)O. The molecule has 0 unspecified atom stereocenters. The number of hydrogen-bond donors (Lipinski definition) is 1. The fraction of sp³-hybridized carbons (Fsp3) is 0.0455. The van der Waals surface area contributed by atoms with Crippen LogP contribution in [0.4, 0.5) is 5.69 Å². The van der Waals surface area contributed by atoms with Crippen molar-refractivity contribution in [3.8, 4) is 11.3 Å². The van der Waals surface area contributed by atoms with Crippen molar-refractivity contribution in [3.63, 3.8) is 0 Å². The van der Waals surface area contributed by atoms with Gasteiger partial charge < -0.3 is 14.4 Å². The zero-order valence-electron chi connectivity index (χ0n) is 15.7. The number of aromatic carboxylic acids is 1. The van der Waals surface area contributed by atoms with Crippen molar-refractivity contribution in [1.82, 2.24) is 0 Å². The quantitative estimate of drug-likeness (QED) is 0.549. The van der Waals surface area contributed by atoms with Crippen LogP contribution in [-0.2, 0) is 4.79 Å². The van der Waals surface area contributed by atoms with E-state index in [1.807, 2.05) is 18.2 Å². The third-order valence-electron chi connectivity index (χ3n) is 4.43. The monoisotopic (exact) mass is 438 g/mol. The lowest BCUT2D eigenvalue weighted by Gasteiger charge is -2.19. The van der Waals surface area contributed by atoms with E-state index in [1.165, 1.54) is 6.07 Å². The maximum absolute atomic E-state index is 12.4. The predicted octanol–water partition coefficient (Wildman–Crippen LogP) is 5.40. The summed E-state index contributed by atoms with van der Waals surface area (Å²) < 4.78 is 5.82. The van der Waals surface area contributed by atoms with E-state index >= 15 is 0 Å². The van der Waals surface area contributed by atoms with E-state index in [-0.39, 0.29) is 5.56 Å². The normalized spacial score (nSPS) is 14.8. The number of halogens is 1. The third kappa shape index (κ3) is 3.90.